The van der Waals surface area contributed by atoms with Gasteiger partial charge in [-0.2, -0.15) is 0 Å². The van der Waals surface area contributed by atoms with Crippen molar-refractivity contribution in [2.45, 2.75) is 13.8 Å². The Balaban J connectivity index is 0.000000451. The molecule has 0 aliphatic rings. The van der Waals surface area contributed by atoms with Gasteiger partial charge in [-0.3, -0.25) is 4.98 Å². The molecule has 0 saturated heterocycles. The van der Waals surface area contributed by atoms with Gasteiger partial charge in [-0.1, -0.05) is 26.0 Å². The first kappa shape index (κ1) is 8.59. The smallest absolute Gasteiger partial charge is 0.408 e. The van der Waals surface area contributed by atoms with Crippen molar-refractivity contribution in [2.75, 3.05) is 0 Å². The Morgan fingerprint density at radius 3 is 2.67 bits per heavy atom. The number of nitrogens with one attached hydrogen (secondary N) is 1. The zero-order valence-electron chi connectivity index (χ0n) is 7.13. The zero-order chi connectivity index (χ0) is 8.97. The zero-order valence-corrected chi connectivity index (χ0v) is 7.13. The molecule has 0 bridgehead atoms. The van der Waals surface area contributed by atoms with Crippen molar-refractivity contribution in [3.05, 3.63) is 34.8 Å². The van der Waals surface area contributed by atoms with Gasteiger partial charge in [0.25, 0.3) is 0 Å². The molecular formula is C9H13NO2. The summed E-state index contributed by atoms with van der Waals surface area (Å²) in [6.45, 7) is 4.00. The molecule has 1 aromatic carbocycles. The summed E-state index contributed by atoms with van der Waals surface area (Å²) in [6.07, 6.45) is 0. The van der Waals surface area contributed by atoms with Crippen LogP contribution in [0.25, 0.3) is 11.1 Å². The fraction of sp³-hybridized carbons (Fsp3) is 0.222. The van der Waals surface area contributed by atoms with Crippen molar-refractivity contribution in [1.82, 2.24) is 4.98 Å². The van der Waals surface area contributed by atoms with E-state index in [9.17, 15) is 4.79 Å². The van der Waals surface area contributed by atoms with E-state index in [2.05, 4.69) is 4.98 Å². The number of hydrogen-bond donors (Lipinski definition) is 1. The molecular weight excluding hydrogens is 154 g/mol. The Bertz CT molecular complexity index is 369. The standard InChI is InChI=1S/C7H5NO2.C2H6.H2/c9-7-8-5-3-1-2-4-6(5)10-7;1-2;/h1-4H,(H,8,9);1-2H3;1H. The Morgan fingerprint density at radius 1 is 1.33 bits per heavy atom. The molecule has 3 heteroatoms. The van der Waals surface area contributed by atoms with Crippen LogP contribution in [0.4, 0.5) is 0 Å². The van der Waals surface area contributed by atoms with E-state index in [1.165, 1.54) is 0 Å². The average Bonchev–Trinajstić information content (AvgIpc) is 2.48. The topological polar surface area (TPSA) is 46.0 Å². The van der Waals surface area contributed by atoms with Gasteiger partial charge >= 0.3 is 5.76 Å². The molecule has 12 heavy (non-hydrogen) atoms. The number of aromatic amines is 1. The molecule has 0 spiro atoms. The summed E-state index contributed by atoms with van der Waals surface area (Å²) < 4.78 is 4.76. The van der Waals surface area contributed by atoms with Gasteiger partial charge in [0.05, 0.1) is 5.52 Å². The van der Waals surface area contributed by atoms with Gasteiger partial charge < -0.3 is 4.42 Å². The molecule has 0 aliphatic carbocycles. The maximum Gasteiger partial charge on any atom is 0.417 e. The first-order valence-electron chi connectivity index (χ1n) is 3.94. The summed E-state index contributed by atoms with van der Waals surface area (Å²) in [5, 5.41) is 0. The third-order valence-corrected chi connectivity index (χ3v) is 1.33. The number of fused-ring (bicyclic) bond motifs is 1. The molecule has 2 aromatic rings. The van der Waals surface area contributed by atoms with E-state index in [4.69, 9.17) is 4.42 Å². The molecule has 1 N–H and O–H groups in total. The number of oxazole rings is 1. The molecule has 0 amide bonds. The van der Waals surface area contributed by atoms with E-state index in [0.717, 1.165) is 5.52 Å². The predicted molar refractivity (Wildman–Crippen MR) is 50.3 cm³/mol. The summed E-state index contributed by atoms with van der Waals surface area (Å²) in [7, 11) is 0. The van der Waals surface area contributed by atoms with Crippen molar-refractivity contribution < 1.29 is 5.84 Å². The molecule has 0 aliphatic heterocycles. The van der Waals surface area contributed by atoms with Crippen molar-refractivity contribution in [3.63, 3.8) is 0 Å². The molecule has 3 nitrogen and oxygen atoms in total. The number of rotatable bonds is 0. The quantitative estimate of drug-likeness (QED) is 0.654. The number of aromatic nitrogens is 1. The third kappa shape index (κ3) is 1.56. The molecule has 0 radical (unpaired) electrons. The monoisotopic (exact) mass is 167 g/mol. The van der Waals surface area contributed by atoms with E-state index >= 15 is 0 Å². The Hall–Kier alpha value is -1.51. The Kier molecular flexibility index (Phi) is 2.69. The highest BCUT2D eigenvalue weighted by Crippen LogP contribution is 2.06. The van der Waals surface area contributed by atoms with Crippen LogP contribution in [-0.2, 0) is 0 Å². The molecule has 0 atom stereocenters. The van der Waals surface area contributed by atoms with Gasteiger partial charge in [-0.05, 0) is 12.1 Å². The molecule has 0 fully saturated rings. The summed E-state index contributed by atoms with van der Waals surface area (Å²) in [6, 6.07) is 7.19. The van der Waals surface area contributed by atoms with Crippen LogP contribution < -0.4 is 5.76 Å². The molecule has 66 valence electrons. The maximum absolute atomic E-state index is 10.6. The van der Waals surface area contributed by atoms with Crippen LogP contribution in [0.2, 0.25) is 0 Å². The van der Waals surface area contributed by atoms with Gasteiger partial charge in [0, 0.05) is 1.43 Å². The molecule has 0 saturated carbocycles. The minimum absolute atomic E-state index is 0. The third-order valence-electron chi connectivity index (χ3n) is 1.33. The fourth-order valence-corrected chi connectivity index (χ4v) is 0.894. The molecule has 2 rings (SSSR count). The van der Waals surface area contributed by atoms with E-state index in [0.29, 0.717) is 5.58 Å². The highest BCUT2D eigenvalue weighted by molar-refractivity contribution is 5.71. The lowest BCUT2D eigenvalue weighted by Crippen LogP contribution is -1.92. The van der Waals surface area contributed by atoms with Crippen LogP contribution in [0.3, 0.4) is 0 Å². The normalized spacial score (nSPS) is 9.17. The minimum Gasteiger partial charge on any atom is -0.408 e. The minimum atomic E-state index is -0.402. The van der Waals surface area contributed by atoms with E-state index in [1.807, 2.05) is 26.0 Å². The average molecular weight is 167 g/mol. The second-order valence-electron chi connectivity index (χ2n) is 2.01. The Labute approximate surface area is 71.5 Å². The summed E-state index contributed by atoms with van der Waals surface area (Å²) >= 11 is 0. The molecule has 0 unspecified atom stereocenters. The second-order valence-corrected chi connectivity index (χ2v) is 2.01. The fourth-order valence-electron chi connectivity index (χ4n) is 0.894. The first-order chi connectivity index (χ1) is 5.86. The van der Waals surface area contributed by atoms with Gasteiger partial charge in [0.1, 0.15) is 0 Å². The van der Waals surface area contributed by atoms with Crippen molar-refractivity contribution in [3.8, 4) is 0 Å². The molecule has 1 aromatic heterocycles. The highest BCUT2D eigenvalue weighted by Gasteiger charge is 1.95. The highest BCUT2D eigenvalue weighted by atomic mass is 16.4. The summed E-state index contributed by atoms with van der Waals surface area (Å²) in [5.74, 6) is -0.402. The lowest BCUT2D eigenvalue weighted by molar-refractivity contribution is 0.555. The number of para-hydroxylation sites is 2. The van der Waals surface area contributed by atoms with Crippen LogP contribution in [0.5, 0.6) is 0 Å². The first-order valence-corrected chi connectivity index (χ1v) is 3.94. The lowest BCUT2D eigenvalue weighted by Gasteiger charge is -1.79. The van der Waals surface area contributed by atoms with Crippen molar-refractivity contribution >= 4 is 11.1 Å². The number of hydrogen-bond acceptors (Lipinski definition) is 2. The van der Waals surface area contributed by atoms with E-state index < -0.39 is 5.76 Å². The van der Waals surface area contributed by atoms with Gasteiger partial charge in [-0.15, -0.1) is 0 Å². The van der Waals surface area contributed by atoms with Crippen LogP contribution in [-0.4, -0.2) is 4.98 Å². The Morgan fingerprint density at radius 2 is 2.00 bits per heavy atom. The van der Waals surface area contributed by atoms with Gasteiger partial charge in [0.2, 0.25) is 0 Å². The van der Waals surface area contributed by atoms with Gasteiger partial charge in [-0.25, -0.2) is 4.79 Å². The van der Waals surface area contributed by atoms with E-state index in [-0.39, 0.29) is 1.43 Å². The van der Waals surface area contributed by atoms with Crippen LogP contribution in [0, 0.1) is 0 Å². The lowest BCUT2D eigenvalue weighted by atomic mass is 10.3. The van der Waals surface area contributed by atoms with Crippen molar-refractivity contribution in [1.29, 1.82) is 0 Å². The molecule has 1 heterocycles. The van der Waals surface area contributed by atoms with Crippen LogP contribution in [0.1, 0.15) is 15.3 Å². The largest absolute Gasteiger partial charge is 0.417 e. The SMILES string of the molecule is CC.O=c1[nH]c2ccccc2o1.[HH]. The van der Waals surface area contributed by atoms with E-state index in [1.54, 1.807) is 12.1 Å². The van der Waals surface area contributed by atoms with Gasteiger partial charge in [0.15, 0.2) is 5.58 Å². The van der Waals surface area contributed by atoms with Crippen LogP contribution in [0.15, 0.2) is 33.5 Å². The second kappa shape index (κ2) is 3.76. The van der Waals surface area contributed by atoms with Crippen molar-refractivity contribution in [2.24, 2.45) is 0 Å². The summed E-state index contributed by atoms with van der Waals surface area (Å²) in [4.78, 5) is 13.1. The predicted octanol–water partition coefficient (Wildman–Crippen LogP) is 2.39. The number of H-pyrrole nitrogens is 1. The summed E-state index contributed by atoms with van der Waals surface area (Å²) in [5.41, 5.74) is 1.35. The number of benzene rings is 1. The maximum atomic E-state index is 10.6. The van der Waals surface area contributed by atoms with Crippen LogP contribution >= 0.6 is 0 Å².